The van der Waals surface area contributed by atoms with E-state index in [-0.39, 0.29) is 6.21 Å². The maximum absolute atomic E-state index is 11.6. The summed E-state index contributed by atoms with van der Waals surface area (Å²) in [6, 6.07) is -0.974. The lowest BCUT2D eigenvalue weighted by Gasteiger charge is -2.09. The Morgan fingerprint density at radius 1 is 1.14 bits per heavy atom. The molecule has 0 aromatic heterocycles. The first-order valence-electron chi connectivity index (χ1n) is 3.78. The molecular formula is C7H9F6N. The molecule has 7 heteroatoms. The van der Waals surface area contributed by atoms with Crippen LogP contribution in [0.1, 0.15) is 19.8 Å². The second-order valence-electron chi connectivity index (χ2n) is 2.82. The largest absolute Gasteiger partial charge is 0.426 e. The molecule has 0 fully saturated rings. The summed E-state index contributed by atoms with van der Waals surface area (Å²) >= 11 is 0. The van der Waals surface area contributed by atoms with Gasteiger partial charge in [0, 0.05) is 12.5 Å². The molecule has 0 aliphatic rings. The fourth-order valence-corrected chi connectivity index (χ4v) is 0.659. The van der Waals surface area contributed by atoms with Gasteiger partial charge in [-0.05, 0) is 13.3 Å². The summed E-state index contributed by atoms with van der Waals surface area (Å²) in [5.41, 5.74) is 0. The van der Waals surface area contributed by atoms with Crippen molar-refractivity contribution in [3.05, 3.63) is 0 Å². The molecule has 0 saturated carbocycles. The fourth-order valence-electron chi connectivity index (χ4n) is 0.659. The molecule has 0 heterocycles. The summed E-state index contributed by atoms with van der Waals surface area (Å²) in [5, 5.41) is 0. The smallest absolute Gasteiger partial charge is 0.285 e. The normalized spacial score (nSPS) is 16.2. The Morgan fingerprint density at radius 3 is 2.00 bits per heavy atom. The van der Waals surface area contributed by atoms with Crippen LogP contribution in [0.5, 0.6) is 0 Å². The van der Waals surface area contributed by atoms with E-state index >= 15 is 0 Å². The van der Waals surface area contributed by atoms with Gasteiger partial charge in [-0.15, -0.1) is 0 Å². The van der Waals surface area contributed by atoms with E-state index in [0.29, 0.717) is 0 Å². The second kappa shape index (κ2) is 4.65. The molecule has 0 amide bonds. The van der Waals surface area contributed by atoms with Crippen LogP contribution in [0.4, 0.5) is 26.3 Å². The molecule has 1 atom stereocenters. The number of alkyl halides is 6. The molecule has 0 saturated heterocycles. The maximum Gasteiger partial charge on any atom is 0.426 e. The average molecular weight is 221 g/mol. The Bertz CT molecular complexity index is 191. The van der Waals surface area contributed by atoms with Crippen LogP contribution in [0.15, 0.2) is 4.99 Å². The molecule has 0 aliphatic heterocycles. The molecule has 1 nitrogen and oxygen atoms in total. The summed E-state index contributed by atoms with van der Waals surface area (Å²) in [6.45, 7) is 1.20. The third-order valence-corrected chi connectivity index (χ3v) is 1.32. The molecule has 14 heavy (non-hydrogen) atoms. The molecule has 0 radical (unpaired) electrons. The molecule has 0 N–H and O–H groups in total. The Hall–Kier alpha value is -0.750. The number of hydrogen-bond donors (Lipinski definition) is 0. The summed E-state index contributed by atoms with van der Waals surface area (Å²) in [7, 11) is 0. The third-order valence-electron chi connectivity index (χ3n) is 1.32. The van der Waals surface area contributed by atoms with Gasteiger partial charge in [-0.1, -0.05) is 0 Å². The fraction of sp³-hybridized carbons (Fsp3) is 0.857. The minimum Gasteiger partial charge on any atom is -0.285 e. The lowest BCUT2D eigenvalue weighted by atomic mass is 10.2. The van der Waals surface area contributed by atoms with Crippen LogP contribution in [0.2, 0.25) is 0 Å². The van der Waals surface area contributed by atoms with Crippen molar-refractivity contribution in [3.63, 3.8) is 0 Å². The van der Waals surface area contributed by atoms with Crippen molar-refractivity contribution >= 4 is 6.21 Å². The van der Waals surface area contributed by atoms with E-state index in [9.17, 15) is 26.3 Å². The Balaban J connectivity index is 3.88. The first-order valence-corrected chi connectivity index (χ1v) is 3.78. The van der Waals surface area contributed by atoms with Gasteiger partial charge in [-0.3, -0.25) is 4.99 Å². The molecule has 0 aliphatic carbocycles. The Kier molecular flexibility index (Phi) is 4.41. The third kappa shape index (κ3) is 9.34. The van der Waals surface area contributed by atoms with Gasteiger partial charge in [0.2, 0.25) is 0 Å². The van der Waals surface area contributed by atoms with Gasteiger partial charge < -0.3 is 0 Å². The number of nitrogens with zero attached hydrogens (tertiary/aromatic N) is 1. The Morgan fingerprint density at radius 2 is 1.64 bits per heavy atom. The maximum atomic E-state index is 11.6. The summed E-state index contributed by atoms with van der Waals surface area (Å²) in [4.78, 5) is 2.95. The number of hydrogen-bond acceptors (Lipinski definition) is 1. The summed E-state index contributed by atoms with van der Waals surface area (Å²) in [6.07, 6.45) is -10.7. The minimum atomic E-state index is -4.56. The van der Waals surface area contributed by atoms with Crippen LogP contribution < -0.4 is 0 Å². The summed E-state index contributed by atoms with van der Waals surface area (Å²) < 4.78 is 69.4. The minimum absolute atomic E-state index is 0.284. The predicted molar refractivity (Wildman–Crippen MR) is 39.3 cm³/mol. The molecule has 0 aromatic carbocycles. The van der Waals surface area contributed by atoms with Crippen LogP contribution in [0.25, 0.3) is 0 Å². The summed E-state index contributed by atoms with van der Waals surface area (Å²) in [5.74, 6) is 0. The molecular weight excluding hydrogens is 212 g/mol. The number of aliphatic imine (C=N–C) groups is 1. The van der Waals surface area contributed by atoms with Crippen LogP contribution in [0, 0.1) is 0 Å². The van der Waals surface area contributed by atoms with Crippen molar-refractivity contribution in [2.75, 3.05) is 0 Å². The molecule has 0 bridgehead atoms. The van der Waals surface area contributed by atoms with Crippen LogP contribution in [-0.4, -0.2) is 24.6 Å². The quantitative estimate of drug-likeness (QED) is 0.512. The van der Waals surface area contributed by atoms with Gasteiger partial charge in [-0.25, -0.2) is 0 Å². The van der Waals surface area contributed by atoms with Gasteiger partial charge in [0.15, 0.2) is 0 Å². The molecule has 0 aromatic rings. The first kappa shape index (κ1) is 13.2. The van der Waals surface area contributed by atoms with E-state index in [1.807, 2.05) is 0 Å². The average Bonchev–Trinajstić information content (AvgIpc) is 1.94. The zero-order chi connectivity index (χ0) is 11.4. The van der Waals surface area contributed by atoms with Crippen molar-refractivity contribution in [2.45, 2.75) is 38.2 Å². The molecule has 84 valence electrons. The standard InChI is InChI=1S/C7H9F6N/c1-5(2-3-6(8,9)10)14-4-7(11,12)13/h4-5H,2-3H2,1H3. The second-order valence-corrected chi connectivity index (χ2v) is 2.82. The van der Waals surface area contributed by atoms with Crippen LogP contribution in [0.3, 0.4) is 0 Å². The molecule has 1 unspecified atom stereocenters. The van der Waals surface area contributed by atoms with Crippen molar-refractivity contribution < 1.29 is 26.3 Å². The Labute approximate surface area is 76.8 Å². The molecule has 0 rings (SSSR count). The van der Waals surface area contributed by atoms with Crippen LogP contribution >= 0.6 is 0 Å². The highest BCUT2D eigenvalue weighted by Gasteiger charge is 2.28. The predicted octanol–water partition coefficient (Wildman–Crippen LogP) is 3.35. The van der Waals surface area contributed by atoms with Crippen LogP contribution in [-0.2, 0) is 0 Å². The number of rotatable bonds is 3. The van der Waals surface area contributed by atoms with Gasteiger partial charge in [0.05, 0.1) is 0 Å². The topological polar surface area (TPSA) is 12.4 Å². The van der Waals surface area contributed by atoms with Gasteiger partial charge in [-0.2, -0.15) is 26.3 Å². The van der Waals surface area contributed by atoms with Crippen molar-refractivity contribution in [1.29, 1.82) is 0 Å². The lowest BCUT2D eigenvalue weighted by Crippen LogP contribution is -2.14. The lowest BCUT2D eigenvalue weighted by molar-refractivity contribution is -0.136. The highest BCUT2D eigenvalue weighted by molar-refractivity contribution is 5.64. The first-order chi connectivity index (χ1) is 6.10. The number of halogens is 6. The monoisotopic (exact) mass is 221 g/mol. The zero-order valence-corrected chi connectivity index (χ0v) is 7.28. The molecule has 0 spiro atoms. The highest BCUT2D eigenvalue weighted by Crippen LogP contribution is 2.23. The van der Waals surface area contributed by atoms with Crippen molar-refractivity contribution in [2.24, 2.45) is 4.99 Å². The van der Waals surface area contributed by atoms with Crippen molar-refractivity contribution in [3.8, 4) is 0 Å². The SMILES string of the molecule is CC(CCC(F)(F)F)N=CC(F)(F)F. The van der Waals surface area contributed by atoms with Crippen molar-refractivity contribution in [1.82, 2.24) is 0 Å². The van der Waals surface area contributed by atoms with E-state index in [1.54, 1.807) is 0 Å². The highest BCUT2D eigenvalue weighted by atomic mass is 19.4. The van der Waals surface area contributed by atoms with Gasteiger partial charge in [0.1, 0.15) is 6.21 Å². The van der Waals surface area contributed by atoms with E-state index in [4.69, 9.17) is 0 Å². The van der Waals surface area contributed by atoms with E-state index in [1.165, 1.54) is 6.92 Å². The zero-order valence-electron chi connectivity index (χ0n) is 7.28. The van der Waals surface area contributed by atoms with E-state index in [2.05, 4.69) is 4.99 Å². The van der Waals surface area contributed by atoms with E-state index < -0.39 is 31.2 Å². The van der Waals surface area contributed by atoms with Gasteiger partial charge in [0.25, 0.3) is 0 Å². The van der Waals surface area contributed by atoms with Gasteiger partial charge >= 0.3 is 12.4 Å². The van der Waals surface area contributed by atoms with E-state index in [0.717, 1.165) is 0 Å².